The lowest BCUT2D eigenvalue weighted by atomic mass is 10.1. The third kappa shape index (κ3) is 3.05. The first-order valence-electron chi connectivity index (χ1n) is 6.60. The SMILES string of the molecule is C[C@H](c1ccc(F)c(F)c1)N(C)C(=O)Cn1ncn(C)c1=O. The molecule has 0 aliphatic carbocycles. The van der Waals surface area contributed by atoms with Crippen LogP contribution in [0.5, 0.6) is 0 Å². The summed E-state index contributed by atoms with van der Waals surface area (Å²) in [4.78, 5) is 25.2. The Morgan fingerprint density at radius 1 is 1.36 bits per heavy atom. The predicted molar refractivity (Wildman–Crippen MR) is 75.0 cm³/mol. The molecule has 2 rings (SSSR count). The highest BCUT2D eigenvalue weighted by Crippen LogP contribution is 2.21. The van der Waals surface area contributed by atoms with E-state index in [4.69, 9.17) is 0 Å². The van der Waals surface area contributed by atoms with Crippen LogP contribution in [-0.2, 0) is 18.4 Å². The van der Waals surface area contributed by atoms with Gasteiger partial charge >= 0.3 is 5.69 Å². The van der Waals surface area contributed by atoms with Crippen LogP contribution < -0.4 is 5.69 Å². The van der Waals surface area contributed by atoms with Crippen LogP contribution in [0.15, 0.2) is 29.3 Å². The van der Waals surface area contributed by atoms with E-state index in [1.165, 1.54) is 36.0 Å². The van der Waals surface area contributed by atoms with E-state index in [-0.39, 0.29) is 12.5 Å². The van der Waals surface area contributed by atoms with Crippen LogP contribution in [0.1, 0.15) is 18.5 Å². The van der Waals surface area contributed by atoms with Crippen molar-refractivity contribution in [2.75, 3.05) is 7.05 Å². The summed E-state index contributed by atoms with van der Waals surface area (Å²) in [5.41, 5.74) is 0.0605. The van der Waals surface area contributed by atoms with Crippen LogP contribution in [0.2, 0.25) is 0 Å². The van der Waals surface area contributed by atoms with E-state index in [9.17, 15) is 18.4 Å². The molecule has 0 unspecified atom stereocenters. The molecule has 0 aliphatic rings. The Bertz CT molecular complexity index is 754. The smallest absolute Gasteiger partial charge is 0.337 e. The number of nitrogens with zero attached hydrogens (tertiary/aromatic N) is 4. The summed E-state index contributed by atoms with van der Waals surface area (Å²) < 4.78 is 28.5. The second-order valence-electron chi connectivity index (χ2n) is 5.04. The molecule has 0 aliphatic heterocycles. The molecule has 0 fully saturated rings. The topological polar surface area (TPSA) is 60.1 Å². The maximum absolute atomic E-state index is 13.3. The van der Waals surface area contributed by atoms with Gasteiger partial charge in [0.2, 0.25) is 5.91 Å². The van der Waals surface area contributed by atoms with Crippen LogP contribution in [0.4, 0.5) is 8.78 Å². The lowest BCUT2D eigenvalue weighted by molar-refractivity contribution is -0.132. The lowest BCUT2D eigenvalue weighted by Gasteiger charge is -2.25. The van der Waals surface area contributed by atoms with Crippen molar-refractivity contribution in [1.82, 2.24) is 19.2 Å². The van der Waals surface area contributed by atoms with Crippen molar-refractivity contribution in [2.24, 2.45) is 7.05 Å². The van der Waals surface area contributed by atoms with Gasteiger partial charge in [-0.1, -0.05) is 6.07 Å². The molecule has 0 bridgehead atoms. The summed E-state index contributed by atoms with van der Waals surface area (Å²) in [6.07, 6.45) is 1.31. The number of benzene rings is 1. The van der Waals surface area contributed by atoms with Gasteiger partial charge in [-0.05, 0) is 24.6 Å². The molecular formula is C14H16F2N4O2. The number of amides is 1. The molecular weight excluding hydrogens is 294 g/mol. The third-order valence-corrected chi connectivity index (χ3v) is 3.57. The molecule has 0 radical (unpaired) electrons. The molecule has 0 saturated heterocycles. The highest BCUT2D eigenvalue weighted by atomic mass is 19.2. The number of hydrogen-bond acceptors (Lipinski definition) is 3. The van der Waals surface area contributed by atoms with E-state index >= 15 is 0 Å². The quantitative estimate of drug-likeness (QED) is 0.849. The Labute approximate surface area is 125 Å². The molecule has 6 nitrogen and oxygen atoms in total. The molecule has 2 aromatic rings. The van der Waals surface area contributed by atoms with E-state index in [0.717, 1.165) is 16.8 Å². The van der Waals surface area contributed by atoms with E-state index < -0.39 is 23.4 Å². The maximum atomic E-state index is 13.3. The zero-order valence-electron chi connectivity index (χ0n) is 12.5. The molecule has 1 amide bonds. The van der Waals surface area contributed by atoms with Crippen molar-refractivity contribution in [1.29, 1.82) is 0 Å². The second kappa shape index (κ2) is 6.08. The fourth-order valence-corrected chi connectivity index (χ4v) is 1.98. The normalized spacial score (nSPS) is 12.2. The lowest BCUT2D eigenvalue weighted by Crippen LogP contribution is -2.36. The van der Waals surface area contributed by atoms with Crippen LogP contribution in [0, 0.1) is 11.6 Å². The standard InChI is InChI=1S/C14H16F2N4O2/c1-9(10-4-5-11(15)12(16)6-10)19(3)13(21)7-20-14(22)18(2)8-17-20/h4-6,8-9H,7H2,1-3H3/t9-/m1/s1. The van der Waals surface area contributed by atoms with Crippen molar-refractivity contribution in [2.45, 2.75) is 19.5 Å². The van der Waals surface area contributed by atoms with Gasteiger partial charge in [-0.3, -0.25) is 9.36 Å². The van der Waals surface area contributed by atoms with Crippen molar-refractivity contribution in [3.05, 3.63) is 52.2 Å². The Morgan fingerprint density at radius 2 is 2.05 bits per heavy atom. The first kappa shape index (κ1) is 15.9. The van der Waals surface area contributed by atoms with Crippen LogP contribution >= 0.6 is 0 Å². The minimum Gasteiger partial charge on any atom is -0.337 e. The minimum absolute atomic E-state index is 0.218. The largest absolute Gasteiger partial charge is 0.345 e. The zero-order valence-corrected chi connectivity index (χ0v) is 12.5. The van der Waals surface area contributed by atoms with Crippen molar-refractivity contribution in [3.8, 4) is 0 Å². The second-order valence-corrected chi connectivity index (χ2v) is 5.04. The maximum Gasteiger partial charge on any atom is 0.345 e. The highest BCUT2D eigenvalue weighted by Gasteiger charge is 2.20. The summed E-state index contributed by atoms with van der Waals surface area (Å²) in [6, 6.07) is 3.02. The number of rotatable bonds is 4. The number of aryl methyl sites for hydroxylation is 1. The Kier molecular flexibility index (Phi) is 4.39. The van der Waals surface area contributed by atoms with Crippen molar-refractivity contribution in [3.63, 3.8) is 0 Å². The molecule has 0 N–H and O–H groups in total. The highest BCUT2D eigenvalue weighted by molar-refractivity contribution is 5.76. The van der Waals surface area contributed by atoms with E-state index in [2.05, 4.69) is 5.10 Å². The first-order valence-corrected chi connectivity index (χ1v) is 6.60. The molecule has 0 saturated carbocycles. The summed E-state index contributed by atoms with van der Waals surface area (Å²) in [6.45, 7) is 1.47. The van der Waals surface area contributed by atoms with Gasteiger partial charge in [-0.15, -0.1) is 0 Å². The average molecular weight is 310 g/mol. The number of halogens is 2. The fraction of sp³-hybridized carbons (Fsp3) is 0.357. The summed E-state index contributed by atoms with van der Waals surface area (Å²) in [5.74, 6) is -2.27. The Balaban J connectivity index is 2.14. The minimum atomic E-state index is -0.967. The first-order chi connectivity index (χ1) is 10.3. The molecule has 8 heteroatoms. The molecule has 118 valence electrons. The van der Waals surface area contributed by atoms with Gasteiger partial charge in [-0.25, -0.2) is 18.3 Å². The van der Waals surface area contributed by atoms with E-state index in [1.54, 1.807) is 6.92 Å². The molecule has 1 aromatic heterocycles. The molecule has 1 aromatic carbocycles. The predicted octanol–water partition coefficient (Wildman–Crippen LogP) is 1.08. The third-order valence-electron chi connectivity index (χ3n) is 3.57. The molecule has 1 atom stereocenters. The van der Waals surface area contributed by atoms with Crippen LogP contribution in [-0.4, -0.2) is 32.2 Å². The summed E-state index contributed by atoms with van der Waals surface area (Å²) >= 11 is 0. The van der Waals surface area contributed by atoms with Crippen LogP contribution in [0.25, 0.3) is 0 Å². The number of carbonyl (C=O) groups is 1. The number of carbonyl (C=O) groups excluding carboxylic acids is 1. The van der Waals surface area contributed by atoms with Crippen LogP contribution in [0.3, 0.4) is 0 Å². The van der Waals surface area contributed by atoms with E-state index in [1.807, 2.05) is 0 Å². The van der Waals surface area contributed by atoms with Gasteiger partial charge in [0.05, 0.1) is 6.04 Å². The van der Waals surface area contributed by atoms with Gasteiger partial charge in [0, 0.05) is 14.1 Å². The van der Waals surface area contributed by atoms with Gasteiger partial charge in [-0.2, -0.15) is 5.10 Å². The molecule has 0 spiro atoms. The van der Waals surface area contributed by atoms with Gasteiger partial charge in [0.25, 0.3) is 0 Å². The average Bonchev–Trinajstić information content (AvgIpc) is 2.80. The van der Waals surface area contributed by atoms with Gasteiger partial charge < -0.3 is 4.90 Å². The summed E-state index contributed by atoms with van der Waals surface area (Å²) in [7, 11) is 3.06. The van der Waals surface area contributed by atoms with Crippen molar-refractivity contribution >= 4 is 5.91 Å². The molecule has 22 heavy (non-hydrogen) atoms. The Morgan fingerprint density at radius 3 is 2.59 bits per heavy atom. The number of aromatic nitrogens is 3. The Hall–Kier alpha value is -2.51. The van der Waals surface area contributed by atoms with E-state index in [0.29, 0.717) is 5.56 Å². The molecule has 1 heterocycles. The zero-order chi connectivity index (χ0) is 16.4. The van der Waals surface area contributed by atoms with Crippen molar-refractivity contribution < 1.29 is 13.6 Å². The summed E-state index contributed by atoms with van der Waals surface area (Å²) in [5, 5.41) is 3.81. The number of hydrogen-bond donors (Lipinski definition) is 0. The van der Waals surface area contributed by atoms with Gasteiger partial charge in [0.1, 0.15) is 12.9 Å². The van der Waals surface area contributed by atoms with Gasteiger partial charge in [0.15, 0.2) is 11.6 Å². The number of likely N-dealkylation sites (N-methyl/N-ethyl adjacent to an activating group) is 1. The monoisotopic (exact) mass is 310 g/mol. The fourth-order valence-electron chi connectivity index (χ4n) is 1.98.